The molecule has 1 amide bonds. The molecule has 1 saturated heterocycles. The second-order valence-corrected chi connectivity index (χ2v) is 7.10. The Bertz CT molecular complexity index is 797. The Morgan fingerprint density at radius 1 is 1.33 bits per heavy atom. The Balaban J connectivity index is 1.53. The number of benzene rings is 1. The van der Waals surface area contributed by atoms with E-state index in [0.29, 0.717) is 25.6 Å². The first-order valence-electron chi connectivity index (χ1n) is 8.29. The minimum absolute atomic E-state index is 0.0440. The normalized spacial score (nSPS) is 20.6. The van der Waals surface area contributed by atoms with Gasteiger partial charge in [0, 0.05) is 23.9 Å². The van der Waals surface area contributed by atoms with Gasteiger partial charge in [0.25, 0.3) is 5.91 Å². The van der Waals surface area contributed by atoms with Gasteiger partial charge in [-0.15, -0.1) is 0 Å². The molecule has 5 heteroatoms. The summed E-state index contributed by atoms with van der Waals surface area (Å²) in [4.78, 5) is 19.1. The van der Waals surface area contributed by atoms with Crippen molar-refractivity contribution in [2.45, 2.75) is 38.9 Å². The summed E-state index contributed by atoms with van der Waals surface area (Å²) >= 11 is 0. The van der Waals surface area contributed by atoms with Crippen LogP contribution in [0, 0.1) is 0 Å². The average Bonchev–Trinajstić information content (AvgIpc) is 2.94. The number of hydrogen-bond acceptors (Lipinski definition) is 4. The smallest absolute Gasteiger partial charge is 0.252 e. The topological polar surface area (TPSA) is 54.5 Å². The van der Waals surface area contributed by atoms with Crippen molar-refractivity contribution in [1.29, 1.82) is 0 Å². The molecule has 124 valence electrons. The van der Waals surface area contributed by atoms with Crippen molar-refractivity contribution < 1.29 is 9.53 Å². The fraction of sp³-hybridized carbons (Fsp3) is 0.368. The van der Waals surface area contributed by atoms with Crippen LogP contribution in [0.1, 0.15) is 31.5 Å². The zero-order valence-corrected chi connectivity index (χ0v) is 14.0. The third kappa shape index (κ3) is 2.82. The summed E-state index contributed by atoms with van der Waals surface area (Å²) in [6.45, 7) is 5.99. The molecule has 1 N–H and O–H groups in total. The SMILES string of the molecule is CC1(C)CCO/C(=C\C(=O)N2Cc3cc4ccccc4nc3C2)N1. The van der Waals surface area contributed by atoms with Gasteiger partial charge in [0.1, 0.15) is 0 Å². The molecule has 0 unspecified atom stereocenters. The van der Waals surface area contributed by atoms with Gasteiger partial charge < -0.3 is 15.0 Å². The van der Waals surface area contributed by atoms with E-state index in [9.17, 15) is 4.79 Å². The van der Waals surface area contributed by atoms with Gasteiger partial charge in [0.2, 0.25) is 0 Å². The molecule has 1 fully saturated rings. The van der Waals surface area contributed by atoms with Crippen LogP contribution in [0.2, 0.25) is 0 Å². The number of carbonyl (C=O) groups excluding carboxylic acids is 1. The molecule has 4 rings (SSSR count). The predicted molar refractivity (Wildman–Crippen MR) is 91.9 cm³/mol. The Morgan fingerprint density at radius 2 is 2.17 bits per heavy atom. The number of para-hydroxylation sites is 1. The Hall–Kier alpha value is -2.56. The lowest BCUT2D eigenvalue weighted by atomic mass is 10.0. The summed E-state index contributed by atoms with van der Waals surface area (Å²) in [5, 5.41) is 4.38. The quantitative estimate of drug-likeness (QED) is 0.820. The van der Waals surface area contributed by atoms with E-state index in [0.717, 1.165) is 28.6 Å². The fourth-order valence-electron chi connectivity index (χ4n) is 3.20. The standard InChI is InChI=1S/C19H21N3O2/c1-19(2)7-8-24-17(21-19)10-18(23)22-11-14-9-13-5-3-4-6-15(13)20-16(14)12-22/h3-6,9-10,21H,7-8,11-12H2,1-2H3/b17-10-. The van der Waals surface area contributed by atoms with Crippen LogP contribution in [0.25, 0.3) is 10.9 Å². The average molecular weight is 323 g/mol. The van der Waals surface area contributed by atoms with E-state index in [4.69, 9.17) is 9.72 Å². The second-order valence-electron chi connectivity index (χ2n) is 7.10. The Morgan fingerprint density at radius 3 is 3.00 bits per heavy atom. The van der Waals surface area contributed by atoms with Gasteiger partial charge in [-0.2, -0.15) is 0 Å². The zero-order valence-electron chi connectivity index (χ0n) is 14.0. The monoisotopic (exact) mass is 323 g/mol. The van der Waals surface area contributed by atoms with Crippen LogP contribution in [0.3, 0.4) is 0 Å². The van der Waals surface area contributed by atoms with Crippen molar-refractivity contribution in [3.8, 4) is 0 Å². The van der Waals surface area contributed by atoms with Crippen molar-refractivity contribution in [3.05, 3.63) is 53.5 Å². The maximum Gasteiger partial charge on any atom is 0.252 e. The number of aromatic nitrogens is 1. The number of nitrogens with zero attached hydrogens (tertiary/aromatic N) is 2. The molecule has 0 spiro atoms. The van der Waals surface area contributed by atoms with Crippen molar-refractivity contribution in [3.63, 3.8) is 0 Å². The molecule has 2 aromatic rings. The van der Waals surface area contributed by atoms with Gasteiger partial charge in [-0.05, 0) is 31.5 Å². The second kappa shape index (κ2) is 5.51. The highest BCUT2D eigenvalue weighted by molar-refractivity contribution is 5.89. The minimum Gasteiger partial charge on any atom is -0.479 e. The highest BCUT2D eigenvalue weighted by Gasteiger charge is 2.27. The largest absolute Gasteiger partial charge is 0.479 e. The van der Waals surface area contributed by atoms with Crippen molar-refractivity contribution >= 4 is 16.8 Å². The zero-order chi connectivity index (χ0) is 16.7. The molecule has 2 aliphatic rings. The third-order valence-electron chi connectivity index (χ3n) is 4.61. The Labute approximate surface area is 141 Å². The van der Waals surface area contributed by atoms with Crippen LogP contribution in [0.5, 0.6) is 0 Å². The van der Waals surface area contributed by atoms with Crippen LogP contribution in [-0.4, -0.2) is 27.9 Å². The minimum atomic E-state index is -0.0442. The number of ether oxygens (including phenoxy) is 1. The van der Waals surface area contributed by atoms with E-state index >= 15 is 0 Å². The van der Waals surface area contributed by atoms with E-state index in [1.54, 1.807) is 11.0 Å². The highest BCUT2D eigenvalue weighted by atomic mass is 16.5. The van der Waals surface area contributed by atoms with Gasteiger partial charge in [-0.25, -0.2) is 0 Å². The molecule has 0 bridgehead atoms. The lowest BCUT2D eigenvalue weighted by Gasteiger charge is -2.33. The number of amides is 1. The molecule has 24 heavy (non-hydrogen) atoms. The predicted octanol–water partition coefficient (Wildman–Crippen LogP) is 2.71. The number of fused-ring (bicyclic) bond motifs is 2. The van der Waals surface area contributed by atoms with Crippen molar-refractivity contribution in [1.82, 2.24) is 15.2 Å². The highest BCUT2D eigenvalue weighted by Crippen LogP contribution is 2.26. The molecule has 0 radical (unpaired) electrons. The van der Waals surface area contributed by atoms with Gasteiger partial charge in [-0.1, -0.05) is 18.2 Å². The molecular weight excluding hydrogens is 302 g/mol. The van der Waals surface area contributed by atoms with E-state index in [1.165, 1.54) is 0 Å². The van der Waals surface area contributed by atoms with Gasteiger partial charge in [0.15, 0.2) is 5.88 Å². The molecule has 0 atom stereocenters. The van der Waals surface area contributed by atoms with Crippen LogP contribution < -0.4 is 5.32 Å². The molecular formula is C19H21N3O2. The maximum absolute atomic E-state index is 12.6. The molecule has 0 saturated carbocycles. The first kappa shape index (κ1) is 15.0. The summed E-state index contributed by atoms with van der Waals surface area (Å²) < 4.78 is 5.57. The van der Waals surface area contributed by atoms with E-state index in [2.05, 4.69) is 31.3 Å². The molecule has 2 aliphatic heterocycles. The molecule has 0 aliphatic carbocycles. The van der Waals surface area contributed by atoms with Crippen LogP contribution >= 0.6 is 0 Å². The van der Waals surface area contributed by atoms with Gasteiger partial charge >= 0.3 is 0 Å². The van der Waals surface area contributed by atoms with E-state index in [-0.39, 0.29) is 11.4 Å². The van der Waals surface area contributed by atoms with Crippen LogP contribution in [0.15, 0.2) is 42.3 Å². The molecule has 1 aromatic carbocycles. The first-order chi connectivity index (χ1) is 11.5. The van der Waals surface area contributed by atoms with Crippen LogP contribution in [0.4, 0.5) is 0 Å². The fourth-order valence-corrected chi connectivity index (χ4v) is 3.20. The third-order valence-corrected chi connectivity index (χ3v) is 4.61. The lowest BCUT2D eigenvalue weighted by Crippen LogP contribution is -2.44. The molecule has 5 nitrogen and oxygen atoms in total. The number of rotatable bonds is 1. The van der Waals surface area contributed by atoms with E-state index in [1.807, 2.05) is 18.2 Å². The summed E-state index contributed by atoms with van der Waals surface area (Å²) in [5.74, 6) is 0.516. The number of pyridine rings is 1. The molecule has 1 aromatic heterocycles. The lowest BCUT2D eigenvalue weighted by molar-refractivity contribution is -0.126. The van der Waals surface area contributed by atoms with Gasteiger partial charge in [0.05, 0.1) is 30.4 Å². The summed E-state index contributed by atoms with van der Waals surface area (Å²) in [7, 11) is 0. The van der Waals surface area contributed by atoms with Gasteiger partial charge in [-0.3, -0.25) is 9.78 Å². The summed E-state index contributed by atoms with van der Waals surface area (Å²) in [6, 6.07) is 10.2. The van der Waals surface area contributed by atoms with Crippen molar-refractivity contribution in [2.24, 2.45) is 0 Å². The molecule has 3 heterocycles. The van der Waals surface area contributed by atoms with Crippen molar-refractivity contribution in [2.75, 3.05) is 6.61 Å². The summed E-state index contributed by atoms with van der Waals surface area (Å²) in [5.41, 5.74) is 3.04. The number of nitrogens with one attached hydrogen (secondary N) is 1. The van der Waals surface area contributed by atoms with E-state index < -0.39 is 0 Å². The van der Waals surface area contributed by atoms with Crippen LogP contribution in [-0.2, 0) is 22.6 Å². The summed E-state index contributed by atoms with van der Waals surface area (Å²) in [6.07, 6.45) is 2.48. The maximum atomic E-state index is 12.6. The Kier molecular flexibility index (Phi) is 3.44. The number of hydrogen-bond donors (Lipinski definition) is 1. The first-order valence-corrected chi connectivity index (χ1v) is 8.29. The number of carbonyl (C=O) groups is 1.